The van der Waals surface area contributed by atoms with Crippen molar-refractivity contribution in [1.82, 2.24) is 4.90 Å². The van der Waals surface area contributed by atoms with Gasteiger partial charge in [0.15, 0.2) is 0 Å². The van der Waals surface area contributed by atoms with Gasteiger partial charge in [-0.1, -0.05) is 24.6 Å². The number of carbonyl (C=O) groups excluding carboxylic acids is 1. The van der Waals surface area contributed by atoms with Crippen LogP contribution in [0.3, 0.4) is 0 Å². The molecule has 130 valence electrons. The predicted molar refractivity (Wildman–Crippen MR) is 95.0 cm³/mol. The Morgan fingerprint density at radius 2 is 1.75 bits per heavy atom. The third-order valence-electron chi connectivity index (χ3n) is 6.21. The van der Waals surface area contributed by atoms with Crippen LogP contribution in [0.4, 0.5) is 10.5 Å². The highest BCUT2D eigenvalue weighted by Crippen LogP contribution is 2.46. The maximum atomic E-state index is 12.3. The summed E-state index contributed by atoms with van der Waals surface area (Å²) in [6, 6.07) is 10.2. The number of benzene rings is 1. The van der Waals surface area contributed by atoms with Crippen LogP contribution in [0.15, 0.2) is 30.3 Å². The van der Waals surface area contributed by atoms with E-state index in [1.807, 2.05) is 30.3 Å². The fourth-order valence-electron chi connectivity index (χ4n) is 5.08. The Morgan fingerprint density at radius 1 is 1.00 bits per heavy atom. The van der Waals surface area contributed by atoms with Crippen molar-refractivity contribution in [3.63, 3.8) is 0 Å². The lowest BCUT2D eigenvalue weighted by Gasteiger charge is -2.43. The Hall–Kier alpha value is -1.55. The van der Waals surface area contributed by atoms with E-state index in [4.69, 9.17) is 4.74 Å². The molecule has 1 aromatic rings. The van der Waals surface area contributed by atoms with Gasteiger partial charge in [0.2, 0.25) is 0 Å². The highest BCUT2D eigenvalue weighted by atomic mass is 16.6. The van der Waals surface area contributed by atoms with Crippen LogP contribution in [0, 0.1) is 11.8 Å². The van der Waals surface area contributed by atoms with E-state index >= 15 is 0 Å². The van der Waals surface area contributed by atoms with Gasteiger partial charge in [-0.3, -0.25) is 10.2 Å². The van der Waals surface area contributed by atoms with Crippen LogP contribution in [-0.2, 0) is 4.74 Å². The van der Waals surface area contributed by atoms with Crippen LogP contribution in [-0.4, -0.2) is 36.2 Å². The van der Waals surface area contributed by atoms with E-state index in [1.165, 1.54) is 58.0 Å². The van der Waals surface area contributed by atoms with E-state index in [0.29, 0.717) is 17.9 Å². The summed E-state index contributed by atoms with van der Waals surface area (Å²) >= 11 is 0. The van der Waals surface area contributed by atoms with Gasteiger partial charge in [0.25, 0.3) is 0 Å². The van der Waals surface area contributed by atoms with Crippen LogP contribution in [0.1, 0.15) is 44.9 Å². The van der Waals surface area contributed by atoms with Crippen molar-refractivity contribution in [3.8, 4) is 0 Å². The Morgan fingerprint density at radius 3 is 2.54 bits per heavy atom. The average Bonchev–Trinajstić information content (AvgIpc) is 2.87. The van der Waals surface area contributed by atoms with Gasteiger partial charge in [0, 0.05) is 17.6 Å². The first-order chi connectivity index (χ1) is 11.8. The maximum absolute atomic E-state index is 12.3. The summed E-state index contributed by atoms with van der Waals surface area (Å²) in [4.78, 5) is 15.0. The average molecular weight is 328 g/mol. The van der Waals surface area contributed by atoms with E-state index in [1.54, 1.807) is 0 Å². The number of amides is 1. The van der Waals surface area contributed by atoms with Crippen molar-refractivity contribution in [2.75, 3.05) is 18.4 Å². The molecule has 2 saturated carbocycles. The molecule has 1 heterocycles. The first-order valence-corrected chi connectivity index (χ1v) is 9.58. The number of ether oxygens (including phenoxy) is 1. The first kappa shape index (κ1) is 15.9. The number of piperidine rings is 1. The molecule has 1 amide bonds. The van der Waals surface area contributed by atoms with Crippen LogP contribution >= 0.6 is 0 Å². The standard InChI is InChI=1S/C20H28N2O2/c23-20(21-16-7-3-1-4-8-16)24-19-15-9-11-17(19)18(12-10-15)22-13-5-2-6-14-22/h1,3-4,7-8,15,17-19H,2,5-6,9-14H2,(H,21,23)/t15-,17+,18+,19-/m0/s1. The number of nitrogens with zero attached hydrogens (tertiary/aromatic N) is 1. The van der Waals surface area contributed by atoms with Gasteiger partial charge < -0.3 is 4.74 Å². The molecule has 4 nitrogen and oxygen atoms in total. The minimum atomic E-state index is -0.289. The van der Waals surface area contributed by atoms with E-state index < -0.39 is 0 Å². The number of likely N-dealkylation sites (tertiary alicyclic amines) is 1. The molecular formula is C20H28N2O2. The largest absolute Gasteiger partial charge is 0.445 e. The number of carbonyl (C=O) groups is 1. The molecule has 0 unspecified atom stereocenters. The summed E-state index contributed by atoms with van der Waals surface area (Å²) in [6.45, 7) is 2.46. The predicted octanol–water partition coefficient (Wildman–Crippen LogP) is 4.28. The van der Waals surface area contributed by atoms with Gasteiger partial charge in [-0.25, -0.2) is 4.79 Å². The molecule has 4 atom stereocenters. The highest BCUT2D eigenvalue weighted by molar-refractivity contribution is 5.84. The summed E-state index contributed by atoms with van der Waals surface area (Å²) in [5, 5.41) is 2.88. The van der Waals surface area contributed by atoms with Crippen molar-refractivity contribution in [2.45, 2.75) is 57.1 Å². The number of anilines is 1. The fraction of sp³-hybridized carbons (Fsp3) is 0.650. The molecule has 24 heavy (non-hydrogen) atoms. The number of para-hydroxylation sites is 1. The zero-order valence-corrected chi connectivity index (χ0v) is 14.3. The van der Waals surface area contributed by atoms with E-state index in [0.717, 1.165) is 5.69 Å². The molecule has 0 spiro atoms. The number of hydrogen-bond donors (Lipinski definition) is 1. The highest BCUT2D eigenvalue weighted by Gasteiger charge is 2.48. The molecular weight excluding hydrogens is 300 g/mol. The summed E-state index contributed by atoms with van der Waals surface area (Å²) in [6.07, 6.45) is 8.77. The van der Waals surface area contributed by atoms with Crippen molar-refractivity contribution in [2.24, 2.45) is 11.8 Å². The molecule has 3 aliphatic rings. The Balaban J connectivity index is 1.40. The Bertz CT molecular complexity index is 556. The summed E-state index contributed by atoms with van der Waals surface area (Å²) in [5.41, 5.74) is 0.804. The van der Waals surface area contributed by atoms with Crippen molar-refractivity contribution >= 4 is 11.8 Å². The Kier molecular flexibility index (Phi) is 4.74. The van der Waals surface area contributed by atoms with Gasteiger partial charge in [-0.2, -0.15) is 0 Å². The number of nitrogens with one attached hydrogen (secondary N) is 1. The summed E-state index contributed by atoms with van der Waals surface area (Å²) < 4.78 is 5.93. The van der Waals surface area contributed by atoms with Crippen LogP contribution in [0.2, 0.25) is 0 Å². The molecule has 4 heteroatoms. The van der Waals surface area contributed by atoms with Crippen LogP contribution in [0.25, 0.3) is 0 Å². The van der Waals surface area contributed by atoms with E-state index in [-0.39, 0.29) is 12.2 Å². The maximum Gasteiger partial charge on any atom is 0.411 e. The molecule has 2 bridgehead atoms. The SMILES string of the molecule is O=C(Nc1ccccc1)O[C@H]1[C@H]2CC[C@@H]1[C@H](N1CCCCC1)CC2. The molecule has 2 aliphatic carbocycles. The van der Waals surface area contributed by atoms with Crippen molar-refractivity contribution in [1.29, 1.82) is 0 Å². The fourth-order valence-corrected chi connectivity index (χ4v) is 5.08. The lowest BCUT2D eigenvalue weighted by Crippen LogP contribution is -2.50. The molecule has 1 aliphatic heterocycles. The lowest BCUT2D eigenvalue weighted by atomic mass is 9.81. The molecule has 0 radical (unpaired) electrons. The monoisotopic (exact) mass is 328 g/mol. The van der Waals surface area contributed by atoms with E-state index in [9.17, 15) is 4.79 Å². The normalized spacial score (nSPS) is 33.2. The minimum absolute atomic E-state index is 0.106. The quantitative estimate of drug-likeness (QED) is 0.900. The van der Waals surface area contributed by atoms with Gasteiger partial charge in [0.05, 0.1) is 0 Å². The zero-order valence-electron chi connectivity index (χ0n) is 14.3. The molecule has 1 aromatic carbocycles. The van der Waals surface area contributed by atoms with Crippen LogP contribution < -0.4 is 5.32 Å². The van der Waals surface area contributed by atoms with E-state index in [2.05, 4.69) is 10.2 Å². The van der Waals surface area contributed by atoms with Gasteiger partial charge >= 0.3 is 6.09 Å². The smallest absolute Gasteiger partial charge is 0.411 e. The number of fused-ring (bicyclic) bond motifs is 2. The zero-order chi connectivity index (χ0) is 16.4. The molecule has 4 rings (SSSR count). The number of hydrogen-bond acceptors (Lipinski definition) is 3. The second-order valence-electron chi connectivity index (χ2n) is 7.60. The summed E-state index contributed by atoms with van der Waals surface area (Å²) in [5.74, 6) is 1.10. The lowest BCUT2D eigenvalue weighted by molar-refractivity contribution is -0.0139. The van der Waals surface area contributed by atoms with Crippen LogP contribution in [0.5, 0.6) is 0 Å². The van der Waals surface area contributed by atoms with Gasteiger partial charge in [0.1, 0.15) is 6.10 Å². The summed E-state index contributed by atoms with van der Waals surface area (Å²) in [7, 11) is 0. The third kappa shape index (κ3) is 3.30. The second kappa shape index (κ2) is 7.14. The molecule has 1 N–H and O–H groups in total. The first-order valence-electron chi connectivity index (χ1n) is 9.58. The molecule has 0 aromatic heterocycles. The molecule has 1 saturated heterocycles. The molecule has 3 fully saturated rings. The van der Waals surface area contributed by atoms with Crippen molar-refractivity contribution in [3.05, 3.63) is 30.3 Å². The minimum Gasteiger partial charge on any atom is -0.445 e. The second-order valence-corrected chi connectivity index (χ2v) is 7.60. The van der Waals surface area contributed by atoms with Gasteiger partial charge in [-0.15, -0.1) is 0 Å². The van der Waals surface area contributed by atoms with Crippen molar-refractivity contribution < 1.29 is 9.53 Å². The topological polar surface area (TPSA) is 41.6 Å². The number of rotatable bonds is 3. The van der Waals surface area contributed by atoms with Gasteiger partial charge in [-0.05, 0) is 69.7 Å². The Labute approximate surface area is 144 Å². The third-order valence-corrected chi connectivity index (χ3v) is 6.21.